The molecule has 3 nitrogen and oxygen atoms in total. The van der Waals surface area contributed by atoms with Gasteiger partial charge in [-0.25, -0.2) is 4.98 Å². The Labute approximate surface area is 105 Å². The van der Waals surface area contributed by atoms with Crippen molar-refractivity contribution in [2.24, 2.45) is 0 Å². The summed E-state index contributed by atoms with van der Waals surface area (Å²) >= 11 is 5.81. The third-order valence-corrected chi connectivity index (χ3v) is 2.53. The van der Waals surface area contributed by atoms with Crippen LogP contribution in [0.15, 0.2) is 30.3 Å². The van der Waals surface area contributed by atoms with E-state index in [-0.39, 0.29) is 0 Å². The van der Waals surface area contributed by atoms with E-state index in [1.54, 1.807) is 12.1 Å². The van der Waals surface area contributed by atoms with Gasteiger partial charge in [0.2, 0.25) is 5.88 Å². The molecule has 4 heteroatoms. The Kier molecular flexibility index (Phi) is 3.20. The van der Waals surface area contributed by atoms with Gasteiger partial charge in [-0.15, -0.1) is 0 Å². The Balaban J connectivity index is 2.31. The quantitative estimate of drug-likeness (QED) is 0.824. The molecule has 1 heterocycles. The highest BCUT2D eigenvalue weighted by atomic mass is 35.5. The number of aryl methyl sites for hydroxylation is 2. The van der Waals surface area contributed by atoms with Gasteiger partial charge in [-0.2, -0.15) is 0 Å². The molecule has 0 unspecified atom stereocenters. The molecule has 0 saturated heterocycles. The van der Waals surface area contributed by atoms with Gasteiger partial charge in [0.1, 0.15) is 10.9 Å². The minimum atomic E-state index is 0.324. The summed E-state index contributed by atoms with van der Waals surface area (Å²) in [6, 6.07) is 9.16. The van der Waals surface area contributed by atoms with Crippen molar-refractivity contribution in [1.82, 2.24) is 4.98 Å². The number of hydrogen-bond acceptors (Lipinski definition) is 3. The van der Waals surface area contributed by atoms with Crippen LogP contribution in [0.2, 0.25) is 5.15 Å². The highest BCUT2D eigenvalue weighted by Gasteiger charge is 2.04. The summed E-state index contributed by atoms with van der Waals surface area (Å²) in [6.07, 6.45) is 0. The average molecular weight is 249 g/mol. The van der Waals surface area contributed by atoms with E-state index >= 15 is 0 Å². The zero-order valence-corrected chi connectivity index (χ0v) is 10.5. The molecule has 2 rings (SSSR count). The molecule has 0 aliphatic rings. The number of aromatic nitrogens is 1. The first kappa shape index (κ1) is 11.7. The van der Waals surface area contributed by atoms with Crippen LogP contribution in [-0.2, 0) is 0 Å². The highest BCUT2D eigenvalue weighted by Crippen LogP contribution is 2.26. The third-order valence-electron chi connectivity index (χ3n) is 2.34. The lowest BCUT2D eigenvalue weighted by Crippen LogP contribution is -1.93. The van der Waals surface area contributed by atoms with E-state index in [4.69, 9.17) is 22.1 Å². The number of halogens is 1. The van der Waals surface area contributed by atoms with Crippen LogP contribution in [0.4, 0.5) is 5.69 Å². The molecule has 0 amide bonds. The van der Waals surface area contributed by atoms with Crippen LogP contribution in [0.25, 0.3) is 0 Å². The molecule has 0 spiro atoms. The van der Waals surface area contributed by atoms with Crippen LogP contribution < -0.4 is 10.5 Å². The SMILES string of the molecule is Cc1ccc(Oc2cc(N)cc(Cl)n2)c(C)c1. The molecule has 0 radical (unpaired) electrons. The Morgan fingerprint density at radius 3 is 2.59 bits per heavy atom. The summed E-state index contributed by atoms with van der Waals surface area (Å²) < 4.78 is 5.65. The smallest absolute Gasteiger partial charge is 0.222 e. The lowest BCUT2D eigenvalue weighted by Gasteiger charge is -2.09. The maximum atomic E-state index is 5.81. The minimum Gasteiger partial charge on any atom is -0.439 e. The van der Waals surface area contributed by atoms with Gasteiger partial charge in [0.15, 0.2) is 0 Å². The van der Waals surface area contributed by atoms with Crippen LogP contribution in [0.3, 0.4) is 0 Å². The van der Waals surface area contributed by atoms with Gasteiger partial charge in [0.05, 0.1) is 0 Å². The minimum absolute atomic E-state index is 0.324. The van der Waals surface area contributed by atoms with Crippen molar-refractivity contribution >= 4 is 17.3 Å². The van der Waals surface area contributed by atoms with Crippen LogP contribution in [0.5, 0.6) is 11.6 Å². The number of benzene rings is 1. The largest absolute Gasteiger partial charge is 0.439 e. The molecule has 88 valence electrons. The molecule has 2 aromatic rings. The molecule has 0 atom stereocenters. The molecule has 0 aliphatic carbocycles. The predicted molar refractivity (Wildman–Crippen MR) is 69.6 cm³/mol. The second kappa shape index (κ2) is 4.63. The fraction of sp³-hybridized carbons (Fsp3) is 0.154. The average Bonchev–Trinajstić information content (AvgIpc) is 2.21. The molecule has 2 N–H and O–H groups in total. The molecule has 0 fully saturated rings. The summed E-state index contributed by atoms with van der Waals surface area (Å²) in [7, 11) is 0. The first-order valence-corrected chi connectivity index (χ1v) is 5.60. The molecular weight excluding hydrogens is 236 g/mol. The van der Waals surface area contributed by atoms with Crippen LogP contribution >= 0.6 is 11.6 Å². The lowest BCUT2D eigenvalue weighted by atomic mass is 10.1. The topological polar surface area (TPSA) is 48.1 Å². The number of nitrogens with two attached hydrogens (primary N) is 1. The van der Waals surface area contributed by atoms with E-state index in [1.807, 2.05) is 32.0 Å². The van der Waals surface area contributed by atoms with Gasteiger partial charge >= 0.3 is 0 Å². The van der Waals surface area contributed by atoms with Gasteiger partial charge in [-0.3, -0.25) is 0 Å². The maximum Gasteiger partial charge on any atom is 0.222 e. The number of pyridine rings is 1. The third kappa shape index (κ3) is 2.88. The van der Waals surface area contributed by atoms with Crippen LogP contribution in [0, 0.1) is 13.8 Å². The molecule has 1 aromatic heterocycles. The zero-order chi connectivity index (χ0) is 12.4. The lowest BCUT2D eigenvalue weighted by molar-refractivity contribution is 0.460. The number of rotatable bonds is 2. The monoisotopic (exact) mass is 248 g/mol. The molecule has 0 aliphatic heterocycles. The van der Waals surface area contributed by atoms with Crippen molar-refractivity contribution in [2.75, 3.05) is 5.73 Å². The number of nitrogen functional groups attached to an aromatic ring is 1. The van der Waals surface area contributed by atoms with E-state index in [0.29, 0.717) is 16.7 Å². The zero-order valence-electron chi connectivity index (χ0n) is 9.70. The standard InChI is InChI=1S/C13H13ClN2O/c1-8-3-4-11(9(2)5-8)17-13-7-10(15)6-12(14)16-13/h3-7H,1-2H3,(H2,15,16). The van der Waals surface area contributed by atoms with Gasteiger partial charge in [-0.1, -0.05) is 29.3 Å². The van der Waals surface area contributed by atoms with Gasteiger partial charge < -0.3 is 10.5 Å². The van der Waals surface area contributed by atoms with Crippen molar-refractivity contribution in [3.8, 4) is 11.6 Å². The van der Waals surface area contributed by atoms with Crippen molar-refractivity contribution in [1.29, 1.82) is 0 Å². The fourth-order valence-corrected chi connectivity index (χ4v) is 1.78. The van der Waals surface area contributed by atoms with Crippen LogP contribution in [0.1, 0.15) is 11.1 Å². The number of hydrogen-bond donors (Lipinski definition) is 1. The fourth-order valence-electron chi connectivity index (χ4n) is 1.57. The Bertz CT molecular complexity index is 535. The summed E-state index contributed by atoms with van der Waals surface area (Å²) in [4.78, 5) is 4.06. The van der Waals surface area contributed by atoms with E-state index in [1.165, 1.54) is 5.56 Å². The van der Waals surface area contributed by atoms with Gasteiger partial charge in [-0.05, 0) is 31.5 Å². The molecule has 0 saturated carbocycles. The second-order valence-electron chi connectivity index (χ2n) is 3.93. The van der Waals surface area contributed by atoms with Crippen LogP contribution in [-0.4, -0.2) is 4.98 Å². The summed E-state index contributed by atoms with van der Waals surface area (Å²) in [5.41, 5.74) is 8.44. The highest BCUT2D eigenvalue weighted by molar-refractivity contribution is 6.29. The molecule has 0 bridgehead atoms. The van der Waals surface area contributed by atoms with E-state index < -0.39 is 0 Å². The molecular formula is C13H13ClN2O. The van der Waals surface area contributed by atoms with Gasteiger partial charge in [0, 0.05) is 11.8 Å². The number of nitrogens with zero attached hydrogens (tertiary/aromatic N) is 1. The van der Waals surface area contributed by atoms with E-state index in [2.05, 4.69) is 4.98 Å². The van der Waals surface area contributed by atoms with Crippen molar-refractivity contribution in [3.05, 3.63) is 46.6 Å². The summed E-state index contributed by atoms with van der Waals surface area (Å²) in [5, 5.41) is 0.324. The second-order valence-corrected chi connectivity index (χ2v) is 4.32. The Morgan fingerprint density at radius 2 is 1.94 bits per heavy atom. The summed E-state index contributed by atoms with van der Waals surface area (Å²) in [5.74, 6) is 1.16. The first-order chi connectivity index (χ1) is 8.04. The first-order valence-electron chi connectivity index (χ1n) is 5.23. The number of ether oxygens (including phenoxy) is 1. The van der Waals surface area contributed by atoms with Crippen molar-refractivity contribution < 1.29 is 4.74 Å². The Morgan fingerprint density at radius 1 is 1.18 bits per heavy atom. The summed E-state index contributed by atoms with van der Waals surface area (Å²) in [6.45, 7) is 4.02. The Hall–Kier alpha value is -1.74. The maximum absolute atomic E-state index is 5.81. The van der Waals surface area contributed by atoms with Gasteiger partial charge in [0.25, 0.3) is 0 Å². The predicted octanol–water partition coefficient (Wildman–Crippen LogP) is 3.73. The normalized spacial score (nSPS) is 10.3. The number of anilines is 1. The van der Waals surface area contributed by atoms with Crippen molar-refractivity contribution in [2.45, 2.75) is 13.8 Å². The van der Waals surface area contributed by atoms with Crippen molar-refractivity contribution in [3.63, 3.8) is 0 Å². The van der Waals surface area contributed by atoms with E-state index in [0.717, 1.165) is 11.3 Å². The van der Waals surface area contributed by atoms with E-state index in [9.17, 15) is 0 Å². The molecule has 17 heavy (non-hydrogen) atoms. The molecule has 1 aromatic carbocycles.